The number of hydrogen-bond acceptors (Lipinski definition) is 2. The maximum Gasteiger partial charge on any atom is 0.206 e. The minimum Gasteiger partial charge on any atom is -0.219 e. The highest BCUT2D eigenvalue weighted by Crippen LogP contribution is 2.38. The molecule has 0 fully saturated rings. The summed E-state index contributed by atoms with van der Waals surface area (Å²) in [4.78, 5) is 0.703. The lowest BCUT2D eigenvalue weighted by atomic mass is 9.72. The lowest BCUT2D eigenvalue weighted by molar-refractivity contribution is 0.283. The van der Waals surface area contributed by atoms with Crippen molar-refractivity contribution < 1.29 is 8.42 Å². The molecule has 0 radical (unpaired) electrons. The minimum absolute atomic E-state index is 0.0131. The van der Waals surface area contributed by atoms with Gasteiger partial charge in [-0.05, 0) is 69.9 Å². The molecule has 0 N–H and O–H groups in total. The molecule has 0 aliphatic rings. The van der Waals surface area contributed by atoms with Crippen molar-refractivity contribution in [2.75, 3.05) is 0 Å². The van der Waals surface area contributed by atoms with E-state index in [4.69, 9.17) is 0 Å². The number of benzene rings is 2. The second kappa shape index (κ2) is 8.39. The van der Waals surface area contributed by atoms with Crippen molar-refractivity contribution in [1.82, 2.24) is 0 Å². The summed E-state index contributed by atoms with van der Waals surface area (Å²) in [7, 11) is -3.53. The van der Waals surface area contributed by atoms with Crippen molar-refractivity contribution in [2.45, 2.75) is 103 Å². The third-order valence-corrected chi connectivity index (χ3v) is 7.62. The number of sulfone groups is 1. The molecule has 2 aromatic rings. The molecule has 0 aromatic heterocycles. The van der Waals surface area contributed by atoms with Crippen LogP contribution in [0.15, 0.2) is 58.3 Å². The van der Waals surface area contributed by atoms with Crippen molar-refractivity contribution in [1.29, 1.82) is 0 Å². The van der Waals surface area contributed by atoms with Gasteiger partial charge in [0.2, 0.25) is 9.84 Å². The van der Waals surface area contributed by atoms with E-state index in [9.17, 15) is 8.42 Å². The van der Waals surface area contributed by atoms with Gasteiger partial charge in [-0.25, -0.2) is 8.42 Å². The van der Waals surface area contributed by atoms with Gasteiger partial charge in [-0.15, -0.1) is 0 Å². The fourth-order valence-corrected chi connectivity index (χ4v) is 6.42. The first-order valence-corrected chi connectivity index (χ1v) is 12.8. The van der Waals surface area contributed by atoms with Gasteiger partial charge in [-0.3, -0.25) is 0 Å². The number of rotatable bonds is 6. The normalized spacial score (nSPS) is 14.0. The zero-order valence-corrected chi connectivity index (χ0v) is 22.1. The van der Waals surface area contributed by atoms with Crippen molar-refractivity contribution in [3.05, 3.63) is 59.7 Å². The standard InChI is InChI=1S/C28H42O2S/c1-25(2,3)19-27(7,8)21-11-15-23(16-12-21)31(29,30)24-17-13-22(14-18-24)28(9,10)20-26(4,5)6/h11-18H,19-20H2,1-10H3. The Morgan fingerprint density at radius 1 is 0.516 bits per heavy atom. The first-order chi connectivity index (χ1) is 13.8. The molecule has 0 heterocycles. The van der Waals surface area contributed by atoms with Crippen LogP contribution in [0.1, 0.15) is 93.2 Å². The highest BCUT2D eigenvalue weighted by molar-refractivity contribution is 7.91. The maximum absolute atomic E-state index is 13.2. The van der Waals surface area contributed by atoms with Crippen molar-refractivity contribution in [3.8, 4) is 0 Å². The van der Waals surface area contributed by atoms with E-state index in [0.717, 1.165) is 12.8 Å². The Morgan fingerprint density at radius 3 is 1.00 bits per heavy atom. The SMILES string of the molecule is CC(C)(C)CC(C)(C)c1ccc(S(=O)(=O)c2ccc(C(C)(C)CC(C)(C)C)cc2)cc1. The summed E-state index contributed by atoms with van der Waals surface area (Å²) in [5.41, 5.74) is 2.72. The van der Waals surface area contributed by atoms with Gasteiger partial charge in [-0.2, -0.15) is 0 Å². The third kappa shape index (κ3) is 6.68. The van der Waals surface area contributed by atoms with Gasteiger partial charge in [0.15, 0.2) is 0 Å². The average molecular weight is 443 g/mol. The summed E-state index contributed by atoms with van der Waals surface area (Å²) in [5.74, 6) is 0. The Labute approximate surface area is 191 Å². The van der Waals surface area contributed by atoms with E-state index >= 15 is 0 Å². The second-order valence-electron chi connectivity index (χ2n) is 12.8. The first-order valence-electron chi connectivity index (χ1n) is 11.3. The van der Waals surface area contributed by atoms with Gasteiger partial charge < -0.3 is 0 Å². The molecule has 2 aromatic carbocycles. The Morgan fingerprint density at radius 2 is 0.774 bits per heavy atom. The van der Waals surface area contributed by atoms with Crippen LogP contribution in [0.2, 0.25) is 0 Å². The lowest BCUT2D eigenvalue weighted by Gasteiger charge is -2.33. The van der Waals surface area contributed by atoms with Crippen LogP contribution in [0, 0.1) is 10.8 Å². The first kappa shape index (κ1) is 25.6. The van der Waals surface area contributed by atoms with E-state index in [1.807, 2.05) is 24.3 Å². The van der Waals surface area contributed by atoms with E-state index < -0.39 is 9.84 Å². The minimum atomic E-state index is -3.53. The predicted molar refractivity (Wildman–Crippen MR) is 133 cm³/mol. The summed E-state index contributed by atoms with van der Waals surface area (Å²) < 4.78 is 26.4. The van der Waals surface area contributed by atoms with Crippen LogP contribution in [0.4, 0.5) is 0 Å². The fraction of sp³-hybridized carbons (Fsp3) is 0.571. The van der Waals surface area contributed by atoms with Crippen LogP contribution in [0.25, 0.3) is 0 Å². The van der Waals surface area contributed by atoms with E-state index in [1.54, 1.807) is 24.3 Å². The van der Waals surface area contributed by atoms with Crippen molar-refractivity contribution >= 4 is 9.84 Å². The zero-order valence-electron chi connectivity index (χ0n) is 21.3. The highest BCUT2D eigenvalue weighted by Gasteiger charge is 2.29. The molecule has 172 valence electrons. The quantitative estimate of drug-likeness (QED) is 0.455. The largest absolute Gasteiger partial charge is 0.219 e. The van der Waals surface area contributed by atoms with E-state index in [0.29, 0.717) is 9.79 Å². The van der Waals surface area contributed by atoms with Gasteiger partial charge in [-0.1, -0.05) is 93.5 Å². The molecule has 0 aliphatic carbocycles. The summed E-state index contributed by atoms with van der Waals surface area (Å²) >= 11 is 0. The van der Waals surface area contributed by atoms with Gasteiger partial charge in [0.25, 0.3) is 0 Å². The second-order valence-corrected chi connectivity index (χ2v) is 14.7. The molecule has 0 unspecified atom stereocenters. The van der Waals surface area contributed by atoms with Crippen LogP contribution < -0.4 is 0 Å². The Bertz CT molecular complexity index is 901. The van der Waals surface area contributed by atoms with Crippen LogP contribution in [0.3, 0.4) is 0 Å². The van der Waals surface area contributed by atoms with E-state index in [-0.39, 0.29) is 21.7 Å². The van der Waals surface area contributed by atoms with Gasteiger partial charge in [0.05, 0.1) is 9.79 Å². The highest BCUT2D eigenvalue weighted by atomic mass is 32.2. The molecule has 0 atom stereocenters. The fourth-order valence-electron chi connectivity index (χ4n) is 5.16. The molecule has 0 aliphatic heterocycles. The summed E-state index contributed by atoms with van der Waals surface area (Å²) in [6, 6.07) is 14.9. The topological polar surface area (TPSA) is 34.1 Å². The summed E-state index contributed by atoms with van der Waals surface area (Å²) in [5, 5.41) is 0. The van der Waals surface area contributed by atoms with Gasteiger partial charge in [0.1, 0.15) is 0 Å². The summed E-state index contributed by atoms with van der Waals surface area (Å²) in [6.45, 7) is 22.3. The molecule has 0 spiro atoms. The molecule has 0 saturated carbocycles. The van der Waals surface area contributed by atoms with E-state index in [2.05, 4.69) is 69.2 Å². The monoisotopic (exact) mass is 442 g/mol. The number of hydrogen-bond donors (Lipinski definition) is 0. The van der Waals surface area contributed by atoms with Crippen molar-refractivity contribution in [2.24, 2.45) is 10.8 Å². The third-order valence-electron chi connectivity index (χ3n) is 5.84. The molecule has 2 nitrogen and oxygen atoms in total. The summed E-state index contributed by atoms with van der Waals surface area (Å²) in [6.07, 6.45) is 2.05. The molecular formula is C28H42O2S. The maximum atomic E-state index is 13.2. The van der Waals surface area contributed by atoms with Gasteiger partial charge >= 0.3 is 0 Å². The molecule has 3 heteroatoms. The molecule has 0 amide bonds. The van der Waals surface area contributed by atoms with Crippen LogP contribution in [0.5, 0.6) is 0 Å². The van der Waals surface area contributed by atoms with Crippen LogP contribution in [-0.2, 0) is 20.7 Å². The molecule has 0 saturated heterocycles. The Balaban J connectivity index is 2.30. The molecular weight excluding hydrogens is 400 g/mol. The van der Waals surface area contributed by atoms with Crippen LogP contribution >= 0.6 is 0 Å². The van der Waals surface area contributed by atoms with Crippen LogP contribution in [-0.4, -0.2) is 8.42 Å². The van der Waals surface area contributed by atoms with E-state index in [1.165, 1.54) is 11.1 Å². The Kier molecular flexibility index (Phi) is 6.94. The van der Waals surface area contributed by atoms with Crippen molar-refractivity contribution in [3.63, 3.8) is 0 Å². The molecule has 31 heavy (non-hydrogen) atoms. The predicted octanol–water partition coefficient (Wildman–Crippen LogP) is 7.95. The Hall–Kier alpha value is -1.61. The lowest BCUT2D eigenvalue weighted by Crippen LogP contribution is -2.25. The average Bonchev–Trinajstić information content (AvgIpc) is 2.58. The smallest absolute Gasteiger partial charge is 0.206 e. The zero-order chi connectivity index (χ0) is 23.9. The molecule has 2 rings (SSSR count). The molecule has 0 bridgehead atoms. The van der Waals surface area contributed by atoms with Gasteiger partial charge in [0, 0.05) is 0 Å².